The van der Waals surface area contributed by atoms with Crippen LogP contribution in [-0.4, -0.2) is 11.4 Å². The van der Waals surface area contributed by atoms with Crippen molar-refractivity contribution in [1.29, 1.82) is 0 Å². The molecule has 1 N–H and O–H groups in total. The van der Waals surface area contributed by atoms with Crippen LogP contribution < -0.4 is 5.32 Å². The summed E-state index contributed by atoms with van der Waals surface area (Å²) in [5.41, 5.74) is 0.368. The summed E-state index contributed by atoms with van der Waals surface area (Å²) in [6.45, 7) is 15.8. The minimum Gasteiger partial charge on any atom is -0.350 e. The van der Waals surface area contributed by atoms with Gasteiger partial charge >= 0.3 is 0 Å². The van der Waals surface area contributed by atoms with Gasteiger partial charge in [-0.05, 0) is 43.4 Å². The smallest absolute Gasteiger partial charge is 0.223 e. The molecule has 1 atom stereocenters. The summed E-state index contributed by atoms with van der Waals surface area (Å²) in [5, 5.41) is 3.34. The summed E-state index contributed by atoms with van der Waals surface area (Å²) in [7, 11) is 0. The van der Waals surface area contributed by atoms with Gasteiger partial charge in [-0.2, -0.15) is 0 Å². The van der Waals surface area contributed by atoms with Crippen molar-refractivity contribution in [3.05, 3.63) is 0 Å². The molecule has 0 aromatic heterocycles. The van der Waals surface area contributed by atoms with Gasteiger partial charge < -0.3 is 5.32 Å². The molecule has 1 fully saturated rings. The lowest BCUT2D eigenvalue weighted by atomic mass is 9.71. The van der Waals surface area contributed by atoms with E-state index < -0.39 is 0 Å². The Morgan fingerprint density at radius 1 is 1.00 bits per heavy atom. The molecular formula is C17H33NO. The van der Waals surface area contributed by atoms with Gasteiger partial charge in [0.05, 0.1) is 0 Å². The summed E-state index contributed by atoms with van der Waals surface area (Å²) in [4.78, 5) is 12.1. The highest BCUT2D eigenvalue weighted by atomic mass is 16.2. The molecule has 112 valence electrons. The van der Waals surface area contributed by atoms with Gasteiger partial charge in [0.1, 0.15) is 0 Å². The maximum atomic E-state index is 12.1. The highest BCUT2D eigenvalue weighted by Gasteiger charge is 2.41. The Morgan fingerprint density at radius 3 is 1.89 bits per heavy atom. The van der Waals surface area contributed by atoms with E-state index in [1.165, 1.54) is 12.8 Å². The van der Waals surface area contributed by atoms with Gasteiger partial charge in [-0.3, -0.25) is 4.79 Å². The van der Waals surface area contributed by atoms with Crippen molar-refractivity contribution in [2.45, 2.75) is 86.1 Å². The van der Waals surface area contributed by atoms with Crippen LogP contribution in [0.4, 0.5) is 0 Å². The summed E-state index contributed by atoms with van der Waals surface area (Å²) in [6.07, 6.45) is 5.59. The number of carbonyl (C=O) groups is 1. The van der Waals surface area contributed by atoms with Crippen LogP contribution in [-0.2, 0) is 4.79 Å². The fourth-order valence-electron chi connectivity index (χ4n) is 2.32. The summed E-state index contributed by atoms with van der Waals surface area (Å²) in [5.74, 6) is 0.567. The van der Waals surface area contributed by atoms with Crippen molar-refractivity contribution in [1.82, 2.24) is 5.32 Å². The van der Waals surface area contributed by atoms with E-state index in [9.17, 15) is 4.79 Å². The predicted octanol–water partition coefficient (Wildman–Crippen LogP) is 4.53. The molecule has 0 radical (unpaired) electrons. The lowest BCUT2D eigenvalue weighted by molar-refractivity contribution is -0.125. The van der Waals surface area contributed by atoms with Crippen LogP contribution >= 0.6 is 0 Å². The predicted molar refractivity (Wildman–Crippen MR) is 82.0 cm³/mol. The highest BCUT2D eigenvalue weighted by Crippen LogP contribution is 2.38. The fraction of sp³-hybridized carbons (Fsp3) is 0.941. The molecule has 0 bridgehead atoms. The van der Waals surface area contributed by atoms with Crippen molar-refractivity contribution < 1.29 is 4.79 Å². The third-order valence-electron chi connectivity index (χ3n) is 4.61. The molecule has 0 spiro atoms. The Bertz CT molecular complexity index is 317. The second kappa shape index (κ2) is 5.46. The zero-order valence-electron chi connectivity index (χ0n) is 14.0. The summed E-state index contributed by atoms with van der Waals surface area (Å²) < 4.78 is 0. The molecule has 1 rings (SSSR count). The topological polar surface area (TPSA) is 29.1 Å². The SMILES string of the molecule is CC(C)(C)CCCC(C)(NC(=O)C1CC1)C(C)(C)C. The third kappa shape index (κ3) is 5.16. The van der Waals surface area contributed by atoms with E-state index in [4.69, 9.17) is 0 Å². The maximum Gasteiger partial charge on any atom is 0.223 e. The molecule has 0 aromatic rings. The Kier molecular flexibility index (Phi) is 4.75. The van der Waals surface area contributed by atoms with Crippen molar-refractivity contribution in [3.63, 3.8) is 0 Å². The first-order valence-electron chi connectivity index (χ1n) is 7.77. The quantitative estimate of drug-likeness (QED) is 0.779. The molecule has 0 aliphatic heterocycles. The molecule has 1 aliphatic rings. The molecule has 1 aliphatic carbocycles. The fourth-order valence-corrected chi connectivity index (χ4v) is 2.32. The van der Waals surface area contributed by atoms with E-state index in [0.29, 0.717) is 11.3 Å². The van der Waals surface area contributed by atoms with Crippen LogP contribution in [0.15, 0.2) is 0 Å². The van der Waals surface area contributed by atoms with Crippen LogP contribution in [0.1, 0.15) is 80.6 Å². The molecule has 1 amide bonds. The highest BCUT2D eigenvalue weighted by molar-refractivity contribution is 5.81. The van der Waals surface area contributed by atoms with Gasteiger partial charge in [0.15, 0.2) is 0 Å². The van der Waals surface area contributed by atoms with Crippen molar-refractivity contribution in [2.24, 2.45) is 16.7 Å². The van der Waals surface area contributed by atoms with E-state index in [-0.39, 0.29) is 16.9 Å². The van der Waals surface area contributed by atoms with Crippen molar-refractivity contribution >= 4 is 5.91 Å². The number of hydrogen-bond donors (Lipinski definition) is 1. The summed E-state index contributed by atoms with van der Waals surface area (Å²) >= 11 is 0. The molecule has 0 saturated heterocycles. The minimum absolute atomic E-state index is 0.0927. The molecule has 1 unspecified atom stereocenters. The normalized spacial score (nSPS) is 19.9. The first kappa shape index (κ1) is 16.5. The van der Waals surface area contributed by atoms with E-state index in [1.54, 1.807) is 0 Å². The van der Waals surface area contributed by atoms with E-state index in [0.717, 1.165) is 19.3 Å². The third-order valence-corrected chi connectivity index (χ3v) is 4.61. The number of nitrogens with one attached hydrogen (secondary N) is 1. The second-order valence-electron chi connectivity index (χ2n) is 8.76. The monoisotopic (exact) mass is 267 g/mol. The van der Waals surface area contributed by atoms with Gasteiger partial charge in [0, 0.05) is 11.5 Å². The van der Waals surface area contributed by atoms with Crippen LogP contribution in [0.2, 0.25) is 0 Å². The number of hydrogen-bond acceptors (Lipinski definition) is 1. The van der Waals surface area contributed by atoms with Gasteiger partial charge in [0.25, 0.3) is 0 Å². The van der Waals surface area contributed by atoms with E-state index in [2.05, 4.69) is 53.8 Å². The maximum absolute atomic E-state index is 12.1. The molecule has 2 heteroatoms. The molecule has 1 saturated carbocycles. The average Bonchev–Trinajstić information content (AvgIpc) is 2.95. The van der Waals surface area contributed by atoms with Crippen molar-refractivity contribution in [3.8, 4) is 0 Å². The van der Waals surface area contributed by atoms with E-state index in [1.807, 2.05) is 0 Å². The van der Waals surface area contributed by atoms with Gasteiger partial charge in [-0.25, -0.2) is 0 Å². The molecule has 19 heavy (non-hydrogen) atoms. The Morgan fingerprint density at radius 2 is 1.53 bits per heavy atom. The summed E-state index contributed by atoms with van der Waals surface area (Å²) in [6, 6.07) is 0. The van der Waals surface area contributed by atoms with Gasteiger partial charge in [-0.1, -0.05) is 48.0 Å². The van der Waals surface area contributed by atoms with E-state index >= 15 is 0 Å². The molecular weight excluding hydrogens is 234 g/mol. The number of rotatable bonds is 5. The van der Waals surface area contributed by atoms with Gasteiger partial charge in [-0.15, -0.1) is 0 Å². The molecule has 0 heterocycles. The second-order valence-corrected chi connectivity index (χ2v) is 8.76. The zero-order chi connectivity index (χ0) is 14.9. The largest absolute Gasteiger partial charge is 0.350 e. The first-order chi connectivity index (χ1) is 8.45. The molecule has 0 aromatic carbocycles. The van der Waals surface area contributed by atoms with Crippen LogP contribution in [0.25, 0.3) is 0 Å². The van der Waals surface area contributed by atoms with Crippen molar-refractivity contribution in [2.75, 3.05) is 0 Å². The Hall–Kier alpha value is -0.530. The first-order valence-corrected chi connectivity index (χ1v) is 7.77. The van der Waals surface area contributed by atoms with Crippen LogP contribution in [0.5, 0.6) is 0 Å². The Balaban J connectivity index is 2.62. The minimum atomic E-state index is -0.0993. The van der Waals surface area contributed by atoms with Gasteiger partial charge in [0.2, 0.25) is 5.91 Å². The molecule has 2 nitrogen and oxygen atoms in total. The van der Waals surface area contributed by atoms with Crippen LogP contribution in [0, 0.1) is 16.7 Å². The Labute approximate surface area is 119 Å². The van der Waals surface area contributed by atoms with Crippen LogP contribution in [0.3, 0.4) is 0 Å². The number of carbonyl (C=O) groups excluding carboxylic acids is 1. The number of amides is 1. The lowest BCUT2D eigenvalue weighted by Gasteiger charge is -2.43. The average molecular weight is 267 g/mol. The zero-order valence-corrected chi connectivity index (χ0v) is 14.0. The lowest BCUT2D eigenvalue weighted by Crippen LogP contribution is -2.55. The standard InChI is InChI=1S/C17H33NO/c1-15(2,3)11-8-12-17(7,16(4,5)6)18-14(19)13-9-10-13/h13H,8-12H2,1-7H3,(H,18,19).